The molecule has 146 valence electrons. The van der Waals surface area contributed by atoms with Crippen molar-refractivity contribution in [1.82, 2.24) is 5.06 Å². The molecule has 0 saturated carbocycles. The van der Waals surface area contributed by atoms with Gasteiger partial charge in [0.1, 0.15) is 0 Å². The molecular formula is C20H43NO3. The molecule has 0 bridgehead atoms. The quantitative estimate of drug-likeness (QED) is 0.172. The van der Waals surface area contributed by atoms with Crippen LogP contribution in [0, 0.1) is 0 Å². The fraction of sp³-hybridized carbons (Fsp3) is 1.00. The highest BCUT2D eigenvalue weighted by Gasteiger charge is 2.23. The number of hydroxylamine groups is 2. The molecule has 0 aromatic heterocycles. The first-order valence-corrected chi connectivity index (χ1v) is 10.4. The molecule has 24 heavy (non-hydrogen) atoms. The molecule has 4 heteroatoms. The Morgan fingerprint density at radius 1 is 0.583 bits per heavy atom. The molecule has 0 saturated heterocycles. The Labute approximate surface area is 150 Å². The molecule has 0 spiro atoms. The van der Waals surface area contributed by atoms with Gasteiger partial charge >= 0.3 is 0 Å². The summed E-state index contributed by atoms with van der Waals surface area (Å²) < 4.78 is 0. The van der Waals surface area contributed by atoms with E-state index < -0.39 is 5.91 Å². The third-order valence-electron chi connectivity index (χ3n) is 4.71. The van der Waals surface area contributed by atoms with E-state index in [1.807, 2.05) is 0 Å². The molecule has 0 heterocycles. The summed E-state index contributed by atoms with van der Waals surface area (Å²) in [5, 5.41) is 28.2. The maximum Gasteiger partial charge on any atom is 0.243 e. The van der Waals surface area contributed by atoms with Crippen LogP contribution in [-0.4, -0.2) is 32.9 Å². The predicted molar refractivity (Wildman–Crippen MR) is 101 cm³/mol. The summed E-state index contributed by atoms with van der Waals surface area (Å²) in [5.74, 6) is -2.12. The summed E-state index contributed by atoms with van der Waals surface area (Å²) in [4.78, 5) is 0. The van der Waals surface area contributed by atoms with Crippen molar-refractivity contribution in [3.8, 4) is 0 Å². The molecule has 0 aliphatic rings. The van der Waals surface area contributed by atoms with E-state index >= 15 is 0 Å². The second kappa shape index (κ2) is 16.3. The summed E-state index contributed by atoms with van der Waals surface area (Å²) in [6, 6.07) is 0. The standard InChI is InChI=1S/C20H43NO3/c1-3-4-5-6-7-8-9-10-11-12-13-14-15-16-17-18-19-21(24)20(2,22)23/h22-24H,3-19H2,1-2H3. The third kappa shape index (κ3) is 16.7. The number of hydrogen-bond acceptors (Lipinski definition) is 4. The average Bonchev–Trinajstić information content (AvgIpc) is 2.53. The number of nitrogens with zero attached hydrogens (tertiary/aromatic N) is 1. The Morgan fingerprint density at radius 2 is 0.875 bits per heavy atom. The zero-order chi connectivity index (χ0) is 18.1. The smallest absolute Gasteiger partial charge is 0.243 e. The number of aliphatic hydroxyl groups is 2. The first-order chi connectivity index (χ1) is 11.5. The van der Waals surface area contributed by atoms with Gasteiger partial charge in [-0.2, -0.15) is 0 Å². The van der Waals surface area contributed by atoms with Crippen molar-refractivity contribution in [3.63, 3.8) is 0 Å². The van der Waals surface area contributed by atoms with Gasteiger partial charge in [0.15, 0.2) is 0 Å². The normalized spacial score (nSPS) is 12.2. The second-order valence-corrected chi connectivity index (χ2v) is 7.40. The summed E-state index contributed by atoms with van der Waals surface area (Å²) in [7, 11) is 0. The van der Waals surface area contributed by atoms with Gasteiger partial charge in [-0.15, -0.1) is 5.06 Å². The Kier molecular flexibility index (Phi) is 16.2. The molecule has 4 nitrogen and oxygen atoms in total. The minimum absolute atomic E-state index is 0.307. The van der Waals surface area contributed by atoms with Gasteiger partial charge in [0.2, 0.25) is 5.91 Å². The largest absolute Gasteiger partial charge is 0.352 e. The molecule has 0 aromatic carbocycles. The van der Waals surface area contributed by atoms with Crippen LogP contribution in [0.15, 0.2) is 0 Å². The van der Waals surface area contributed by atoms with E-state index in [4.69, 9.17) is 10.2 Å². The molecule has 0 rings (SSSR count). The van der Waals surface area contributed by atoms with Gasteiger partial charge in [-0.25, -0.2) is 0 Å². The fourth-order valence-electron chi connectivity index (χ4n) is 3.02. The molecule has 3 N–H and O–H groups in total. The Bertz CT molecular complexity index is 254. The topological polar surface area (TPSA) is 63.9 Å². The SMILES string of the molecule is CCCCCCCCCCCCCCCCCCN(O)C(C)(O)O. The van der Waals surface area contributed by atoms with Crippen LogP contribution < -0.4 is 0 Å². The molecule has 0 unspecified atom stereocenters. The van der Waals surface area contributed by atoms with Crippen LogP contribution in [0.25, 0.3) is 0 Å². The molecule has 0 radical (unpaired) electrons. The van der Waals surface area contributed by atoms with Crippen LogP contribution in [0.5, 0.6) is 0 Å². The van der Waals surface area contributed by atoms with E-state index in [0.29, 0.717) is 11.6 Å². The van der Waals surface area contributed by atoms with E-state index in [-0.39, 0.29) is 0 Å². The molecule has 0 aliphatic heterocycles. The Morgan fingerprint density at radius 3 is 1.17 bits per heavy atom. The van der Waals surface area contributed by atoms with Crippen molar-refractivity contribution in [2.24, 2.45) is 0 Å². The summed E-state index contributed by atoms with van der Waals surface area (Å²) in [6.45, 7) is 3.74. The van der Waals surface area contributed by atoms with Gasteiger partial charge < -0.3 is 15.4 Å². The number of hydrogen-bond donors (Lipinski definition) is 3. The van der Waals surface area contributed by atoms with Crippen molar-refractivity contribution in [1.29, 1.82) is 0 Å². The van der Waals surface area contributed by atoms with Crippen LogP contribution in [-0.2, 0) is 0 Å². The van der Waals surface area contributed by atoms with Crippen LogP contribution in [0.4, 0.5) is 0 Å². The molecular weight excluding hydrogens is 302 g/mol. The predicted octanol–water partition coefficient (Wildman–Crippen LogP) is 5.60. The van der Waals surface area contributed by atoms with E-state index in [2.05, 4.69) is 6.92 Å². The summed E-state index contributed by atoms with van der Waals surface area (Å²) in [6.07, 6.45) is 20.9. The monoisotopic (exact) mass is 345 g/mol. The van der Waals surface area contributed by atoms with E-state index in [1.165, 1.54) is 96.8 Å². The molecule has 0 amide bonds. The van der Waals surface area contributed by atoms with Crippen LogP contribution in [0.1, 0.15) is 117 Å². The zero-order valence-electron chi connectivity index (χ0n) is 16.3. The van der Waals surface area contributed by atoms with Gasteiger partial charge in [-0.3, -0.25) is 0 Å². The summed E-state index contributed by atoms with van der Waals surface area (Å²) in [5.41, 5.74) is 0. The highest BCUT2D eigenvalue weighted by molar-refractivity contribution is 4.54. The fourth-order valence-corrected chi connectivity index (χ4v) is 3.02. The maximum absolute atomic E-state index is 9.33. The van der Waals surface area contributed by atoms with Crippen LogP contribution in [0.3, 0.4) is 0 Å². The van der Waals surface area contributed by atoms with Crippen molar-refractivity contribution in [2.75, 3.05) is 6.54 Å². The first-order valence-electron chi connectivity index (χ1n) is 10.4. The highest BCUT2D eigenvalue weighted by Crippen LogP contribution is 2.14. The van der Waals surface area contributed by atoms with Gasteiger partial charge in [-0.1, -0.05) is 103 Å². The minimum atomic E-state index is -2.12. The van der Waals surface area contributed by atoms with Gasteiger partial charge in [0.25, 0.3) is 0 Å². The Balaban J connectivity index is 3.10. The van der Waals surface area contributed by atoms with Crippen LogP contribution >= 0.6 is 0 Å². The molecule has 0 atom stereocenters. The van der Waals surface area contributed by atoms with Gasteiger partial charge in [0, 0.05) is 13.5 Å². The van der Waals surface area contributed by atoms with Gasteiger partial charge in [0.05, 0.1) is 0 Å². The van der Waals surface area contributed by atoms with Crippen LogP contribution in [0.2, 0.25) is 0 Å². The Hall–Kier alpha value is -0.160. The van der Waals surface area contributed by atoms with E-state index in [1.54, 1.807) is 0 Å². The third-order valence-corrected chi connectivity index (χ3v) is 4.71. The van der Waals surface area contributed by atoms with Gasteiger partial charge in [-0.05, 0) is 6.42 Å². The van der Waals surface area contributed by atoms with E-state index in [9.17, 15) is 5.21 Å². The molecule has 0 fully saturated rings. The summed E-state index contributed by atoms with van der Waals surface area (Å²) >= 11 is 0. The highest BCUT2D eigenvalue weighted by atomic mass is 16.6. The zero-order valence-corrected chi connectivity index (χ0v) is 16.3. The lowest BCUT2D eigenvalue weighted by Gasteiger charge is -2.25. The van der Waals surface area contributed by atoms with Crippen molar-refractivity contribution in [3.05, 3.63) is 0 Å². The average molecular weight is 346 g/mol. The van der Waals surface area contributed by atoms with Crippen molar-refractivity contribution < 1.29 is 15.4 Å². The lowest BCUT2D eigenvalue weighted by atomic mass is 10.0. The number of unbranched alkanes of at least 4 members (excludes halogenated alkanes) is 15. The number of rotatable bonds is 18. The lowest BCUT2D eigenvalue weighted by Crippen LogP contribution is -2.44. The van der Waals surface area contributed by atoms with Crippen molar-refractivity contribution >= 4 is 0 Å². The molecule has 0 aliphatic carbocycles. The second-order valence-electron chi connectivity index (χ2n) is 7.40. The van der Waals surface area contributed by atoms with Crippen molar-refractivity contribution in [2.45, 2.75) is 122 Å². The minimum Gasteiger partial charge on any atom is -0.352 e. The first kappa shape index (κ1) is 23.8. The maximum atomic E-state index is 9.33. The van der Waals surface area contributed by atoms with E-state index in [0.717, 1.165) is 12.8 Å². The lowest BCUT2D eigenvalue weighted by molar-refractivity contribution is -0.351. The molecule has 0 aromatic rings.